The van der Waals surface area contributed by atoms with Gasteiger partial charge < -0.3 is 4.90 Å². The number of nitrogens with zero attached hydrogens (tertiary/aromatic N) is 2. The topological polar surface area (TPSA) is 57.7 Å². The number of carbonyl (C=O) groups is 3. The van der Waals surface area contributed by atoms with Crippen LogP contribution in [-0.2, 0) is 4.79 Å². The summed E-state index contributed by atoms with van der Waals surface area (Å²) in [6.07, 6.45) is 0.588. The zero-order valence-electron chi connectivity index (χ0n) is 13.9. The number of amides is 3. The van der Waals surface area contributed by atoms with Crippen molar-refractivity contribution in [1.82, 2.24) is 9.80 Å². The van der Waals surface area contributed by atoms with E-state index in [0.717, 1.165) is 0 Å². The molecule has 1 aromatic rings. The fourth-order valence-electron chi connectivity index (χ4n) is 2.37. The lowest BCUT2D eigenvalue weighted by Gasteiger charge is -2.22. The number of hydrogen-bond acceptors (Lipinski definition) is 4. The van der Waals surface area contributed by atoms with Crippen molar-refractivity contribution in [1.29, 1.82) is 0 Å². The summed E-state index contributed by atoms with van der Waals surface area (Å²) in [7, 11) is 1.64. The van der Waals surface area contributed by atoms with E-state index in [2.05, 4.69) is 0 Å². The molecule has 0 radical (unpaired) electrons. The normalized spacial score (nSPS) is 18.4. The summed E-state index contributed by atoms with van der Waals surface area (Å²) >= 11 is 1.24. The molecule has 0 aromatic heterocycles. The van der Waals surface area contributed by atoms with E-state index >= 15 is 0 Å². The number of rotatable bonds is 5. The first kappa shape index (κ1) is 17.5. The highest BCUT2D eigenvalue weighted by Crippen LogP contribution is 2.27. The first-order valence-corrected chi connectivity index (χ1v) is 8.49. The molecule has 1 unspecified atom stereocenters. The quantitative estimate of drug-likeness (QED) is 0.777. The summed E-state index contributed by atoms with van der Waals surface area (Å²) in [5, 5.41) is 0.0342. The fourth-order valence-corrected chi connectivity index (χ4v) is 3.23. The van der Waals surface area contributed by atoms with Crippen LogP contribution in [0.1, 0.15) is 37.6 Å². The monoisotopic (exact) mass is 334 g/mol. The molecular formula is C17H22N2O3S. The van der Waals surface area contributed by atoms with Crippen LogP contribution in [0.2, 0.25) is 0 Å². The number of carbonyl (C=O) groups excluding carboxylic acids is 3. The van der Waals surface area contributed by atoms with Crippen LogP contribution in [0, 0.1) is 0 Å². The van der Waals surface area contributed by atoms with Gasteiger partial charge in [-0.2, -0.15) is 0 Å². The highest BCUT2D eigenvalue weighted by atomic mass is 32.2. The highest BCUT2D eigenvalue weighted by Gasteiger charge is 2.48. The molecule has 5 nitrogen and oxygen atoms in total. The third kappa shape index (κ3) is 3.58. The van der Waals surface area contributed by atoms with E-state index in [9.17, 15) is 14.4 Å². The van der Waals surface area contributed by atoms with E-state index in [4.69, 9.17) is 0 Å². The fraction of sp³-hybridized carbons (Fsp3) is 0.471. The lowest BCUT2D eigenvalue weighted by Crippen LogP contribution is -2.41. The van der Waals surface area contributed by atoms with Crippen LogP contribution < -0.4 is 0 Å². The van der Waals surface area contributed by atoms with Crippen molar-refractivity contribution in [2.45, 2.75) is 38.0 Å². The lowest BCUT2D eigenvalue weighted by atomic mass is 10.1. The van der Waals surface area contributed by atoms with Crippen molar-refractivity contribution in [2.24, 2.45) is 0 Å². The Morgan fingerprint density at radius 3 is 2.35 bits per heavy atom. The van der Waals surface area contributed by atoms with E-state index in [0.29, 0.717) is 18.5 Å². The maximum absolute atomic E-state index is 12.3. The average Bonchev–Trinajstić information content (AvgIpc) is 2.67. The Morgan fingerprint density at radius 1 is 1.22 bits per heavy atom. The molecule has 3 amide bonds. The van der Waals surface area contributed by atoms with Gasteiger partial charge in [0.1, 0.15) is 5.54 Å². The van der Waals surface area contributed by atoms with Crippen molar-refractivity contribution < 1.29 is 14.4 Å². The Kier molecular flexibility index (Phi) is 5.14. The predicted octanol–water partition coefficient (Wildman–Crippen LogP) is 3.01. The Balaban J connectivity index is 1.90. The van der Waals surface area contributed by atoms with Crippen molar-refractivity contribution >= 4 is 28.8 Å². The Bertz CT molecular complexity index is 616. The third-order valence-corrected chi connectivity index (χ3v) is 5.29. The second-order valence-electron chi connectivity index (χ2n) is 6.23. The molecule has 124 valence electrons. The zero-order valence-corrected chi connectivity index (χ0v) is 14.7. The standard InChI is InChI=1S/C17H22N2O3S/c1-12(23-14(20)13-8-6-5-7-9-13)10-11-19-15(21)17(2,3)18(4)16(19)22/h5-9,12H,10-11H2,1-4H3. The van der Waals surface area contributed by atoms with Crippen LogP contribution >= 0.6 is 11.8 Å². The second-order valence-corrected chi connectivity index (χ2v) is 7.64. The second kappa shape index (κ2) is 6.74. The van der Waals surface area contributed by atoms with Gasteiger partial charge in [0, 0.05) is 24.4 Å². The van der Waals surface area contributed by atoms with Crippen LogP contribution in [0.3, 0.4) is 0 Å². The molecule has 1 aliphatic rings. The van der Waals surface area contributed by atoms with Crippen LogP contribution in [-0.4, -0.2) is 51.2 Å². The van der Waals surface area contributed by atoms with Crippen molar-refractivity contribution in [2.75, 3.05) is 13.6 Å². The molecule has 1 aliphatic heterocycles. The largest absolute Gasteiger partial charge is 0.327 e. The SMILES string of the molecule is CC(CCN1C(=O)N(C)C(C)(C)C1=O)SC(=O)c1ccccc1. The Labute approximate surface area is 141 Å². The smallest absolute Gasteiger partial charge is 0.313 e. The summed E-state index contributed by atoms with van der Waals surface area (Å²) in [6.45, 7) is 5.75. The van der Waals surface area contributed by atoms with E-state index in [-0.39, 0.29) is 22.3 Å². The Morgan fingerprint density at radius 2 is 1.83 bits per heavy atom. The molecule has 0 bridgehead atoms. The van der Waals surface area contributed by atoms with Gasteiger partial charge in [-0.1, -0.05) is 49.0 Å². The van der Waals surface area contributed by atoms with Gasteiger partial charge >= 0.3 is 6.03 Å². The molecule has 1 atom stereocenters. The van der Waals surface area contributed by atoms with Crippen molar-refractivity contribution in [3.63, 3.8) is 0 Å². The number of benzene rings is 1. The summed E-state index contributed by atoms with van der Waals surface area (Å²) < 4.78 is 0. The lowest BCUT2D eigenvalue weighted by molar-refractivity contribution is -0.131. The van der Waals surface area contributed by atoms with Gasteiger partial charge in [-0.25, -0.2) is 4.79 Å². The molecular weight excluding hydrogens is 312 g/mol. The summed E-state index contributed by atoms with van der Waals surface area (Å²) in [6, 6.07) is 8.83. The average molecular weight is 334 g/mol. The van der Waals surface area contributed by atoms with Crippen molar-refractivity contribution in [3.8, 4) is 0 Å². The minimum atomic E-state index is -0.798. The van der Waals surface area contributed by atoms with Gasteiger partial charge in [-0.15, -0.1) is 0 Å². The maximum atomic E-state index is 12.3. The number of hydrogen-bond donors (Lipinski definition) is 0. The minimum Gasteiger partial charge on any atom is -0.313 e. The van der Waals surface area contributed by atoms with Crippen LogP contribution in [0.4, 0.5) is 4.79 Å². The number of thioether (sulfide) groups is 1. The van der Waals surface area contributed by atoms with Gasteiger partial charge in [0.15, 0.2) is 0 Å². The molecule has 1 saturated heterocycles. The van der Waals surface area contributed by atoms with Crippen LogP contribution in [0.15, 0.2) is 30.3 Å². The first-order chi connectivity index (χ1) is 10.7. The number of imide groups is 1. The summed E-state index contributed by atoms with van der Waals surface area (Å²) in [5.74, 6) is -0.184. The maximum Gasteiger partial charge on any atom is 0.327 e. The molecule has 6 heteroatoms. The van der Waals surface area contributed by atoms with E-state index < -0.39 is 5.54 Å². The molecule has 0 N–H and O–H groups in total. The Hall–Kier alpha value is -1.82. The molecule has 1 heterocycles. The zero-order chi connectivity index (χ0) is 17.2. The molecule has 2 rings (SSSR count). The summed E-state index contributed by atoms with van der Waals surface area (Å²) in [5.41, 5.74) is -0.133. The van der Waals surface area contributed by atoms with Crippen molar-refractivity contribution in [3.05, 3.63) is 35.9 Å². The molecule has 0 aliphatic carbocycles. The van der Waals surface area contributed by atoms with Crippen LogP contribution in [0.25, 0.3) is 0 Å². The first-order valence-electron chi connectivity index (χ1n) is 7.61. The van der Waals surface area contributed by atoms with Gasteiger partial charge in [-0.3, -0.25) is 14.5 Å². The highest BCUT2D eigenvalue weighted by molar-refractivity contribution is 8.14. The number of urea groups is 1. The summed E-state index contributed by atoms with van der Waals surface area (Å²) in [4.78, 5) is 39.3. The van der Waals surface area contributed by atoms with Crippen LogP contribution in [0.5, 0.6) is 0 Å². The van der Waals surface area contributed by atoms with Gasteiger partial charge in [-0.05, 0) is 20.3 Å². The van der Waals surface area contributed by atoms with E-state index in [1.54, 1.807) is 33.0 Å². The predicted molar refractivity (Wildman–Crippen MR) is 91.4 cm³/mol. The molecule has 23 heavy (non-hydrogen) atoms. The van der Waals surface area contributed by atoms with Gasteiger partial charge in [0.2, 0.25) is 5.12 Å². The molecule has 1 aromatic carbocycles. The van der Waals surface area contributed by atoms with Gasteiger partial charge in [0.25, 0.3) is 5.91 Å². The van der Waals surface area contributed by atoms with E-state index in [1.807, 2.05) is 25.1 Å². The minimum absolute atomic E-state index is 0.00891. The molecule has 0 spiro atoms. The van der Waals surface area contributed by atoms with E-state index in [1.165, 1.54) is 21.6 Å². The molecule has 0 saturated carbocycles. The third-order valence-electron chi connectivity index (χ3n) is 4.20. The van der Waals surface area contributed by atoms with Gasteiger partial charge in [0.05, 0.1) is 0 Å². The number of likely N-dealkylation sites (N-methyl/N-ethyl adjacent to an activating group) is 1. The molecule has 1 fully saturated rings.